The Balaban J connectivity index is 1.56. The Labute approximate surface area is 261 Å². The third-order valence-corrected chi connectivity index (χ3v) is 8.48. The maximum atomic E-state index is 13.0. The topological polar surface area (TPSA) is 144 Å². The first-order valence-corrected chi connectivity index (χ1v) is 15.3. The normalized spacial score (nSPS) is 13.8. The van der Waals surface area contributed by atoms with Crippen LogP contribution in [-0.4, -0.2) is 47.2 Å². The second kappa shape index (κ2) is 14.4. The van der Waals surface area contributed by atoms with Crippen LogP contribution in [0.15, 0.2) is 59.8 Å². The van der Waals surface area contributed by atoms with Crippen LogP contribution in [0, 0.1) is 11.1 Å². The first-order chi connectivity index (χ1) is 20.9. The van der Waals surface area contributed by atoms with E-state index in [1.54, 1.807) is 0 Å². The van der Waals surface area contributed by atoms with Crippen LogP contribution in [0.3, 0.4) is 0 Å². The van der Waals surface area contributed by atoms with Gasteiger partial charge in [0.05, 0.1) is 17.1 Å². The minimum absolute atomic E-state index is 0.0127. The van der Waals surface area contributed by atoms with E-state index in [0.29, 0.717) is 4.73 Å². The summed E-state index contributed by atoms with van der Waals surface area (Å²) in [7, 11) is -2.63. The zero-order chi connectivity index (χ0) is 32.0. The number of carbonyl (C=O) groups excluding carboxylic acids is 2. The van der Waals surface area contributed by atoms with Crippen LogP contribution in [0.5, 0.6) is 11.5 Å². The lowest BCUT2D eigenvalue weighted by atomic mass is 10.0. The van der Waals surface area contributed by atoms with Crippen LogP contribution in [0.4, 0.5) is 8.78 Å². The third kappa shape index (κ3) is 8.91. The molecule has 0 unspecified atom stereocenters. The minimum atomic E-state index is -3.84. The van der Waals surface area contributed by atoms with Gasteiger partial charge in [0.2, 0.25) is 10.0 Å². The SMILES string of the molecule is CNS(=O)(=O)c1cccc(C(=O)OCC(=O)O[C@@H](Cc2c(Cl)c[n+]([O-])cc2Cl)c2ccc(OC(F)F)c(OCC3CC3)c2)c1. The Morgan fingerprint density at radius 2 is 1.80 bits per heavy atom. The molecule has 44 heavy (non-hydrogen) atoms. The van der Waals surface area contributed by atoms with Gasteiger partial charge in [0.15, 0.2) is 30.5 Å². The summed E-state index contributed by atoms with van der Waals surface area (Å²) in [5.41, 5.74) is 0.380. The predicted molar refractivity (Wildman–Crippen MR) is 152 cm³/mol. The highest BCUT2D eigenvalue weighted by atomic mass is 35.5. The number of halogens is 4. The van der Waals surface area contributed by atoms with E-state index in [9.17, 15) is 32.0 Å². The average molecular weight is 675 g/mol. The van der Waals surface area contributed by atoms with E-state index in [1.807, 2.05) is 0 Å². The summed E-state index contributed by atoms with van der Waals surface area (Å²) >= 11 is 12.5. The molecule has 2 aromatic carbocycles. The van der Waals surface area contributed by atoms with Gasteiger partial charge in [-0.2, -0.15) is 13.5 Å². The van der Waals surface area contributed by atoms with Gasteiger partial charge < -0.3 is 24.2 Å². The van der Waals surface area contributed by atoms with Gasteiger partial charge in [-0.05, 0) is 61.7 Å². The minimum Gasteiger partial charge on any atom is -0.619 e. The molecule has 16 heteroatoms. The van der Waals surface area contributed by atoms with E-state index in [0.717, 1.165) is 31.3 Å². The Morgan fingerprint density at radius 3 is 2.43 bits per heavy atom. The van der Waals surface area contributed by atoms with Crippen molar-refractivity contribution in [3.63, 3.8) is 0 Å². The molecule has 236 valence electrons. The maximum absolute atomic E-state index is 13.0. The molecule has 1 heterocycles. The summed E-state index contributed by atoms with van der Waals surface area (Å²) in [4.78, 5) is 25.3. The summed E-state index contributed by atoms with van der Waals surface area (Å²) in [5, 5.41) is 11.7. The van der Waals surface area contributed by atoms with Gasteiger partial charge >= 0.3 is 18.6 Å². The zero-order valence-electron chi connectivity index (χ0n) is 23.0. The maximum Gasteiger partial charge on any atom is 0.387 e. The van der Waals surface area contributed by atoms with Gasteiger partial charge in [0.25, 0.3) is 0 Å². The summed E-state index contributed by atoms with van der Waals surface area (Å²) in [6, 6.07) is 8.97. The van der Waals surface area contributed by atoms with Crippen molar-refractivity contribution in [3.8, 4) is 11.5 Å². The lowest BCUT2D eigenvalue weighted by Crippen LogP contribution is -2.26. The molecule has 0 radical (unpaired) electrons. The molecule has 3 aromatic rings. The van der Waals surface area contributed by atoms with Crippen molar-refractivity contribution >= 4 is 45.2 Å². The molecule has 1 aliphatic carbocycles. The fourth-order valence-corrected chi connectivity index (χ4v) is 5.34. The van der Waals surface area contributed by atoms with Gasteiger partial charge in [-0.3, -0.25) is 0 Å². The van der Waals surface area contributed by atoms with Gasteiger partial charge in [-0.15, -0.1) is 0 Å². The fraction of sp³-hybridized carbons (Fsp3) is 0.321. The van der Waals surface area contributed by atoms with E-state index < -0.39 is 41.3 Å². The molecule has 0 spiro atoms. The third-order valence-electron chi connectivity index (χ3n) is 6.42. The standard InChI is InChI=1S/C28H26Cl2F2N2O9S/c1-33-44(38,39)19-4-2-3-18(9-19)27(36)41-15-26(35)42-24(11-20-21(29)12-34(37)13-22(20)30)17-7-8-23(43-28(31)32)25(10-17)40-14-16-5-6-16/h2-4,7-10,12-13,16,24,28,33H,5-6,11,14-15H2,1H3/t24-/m0/s1. The number of alkyl halides is 2. The fourth-order valence-electron chi connectivity index (χ4n) is 3.97. The number of hydrogen-bond acceptors (Lipinski definition) is 9. The summed E-state index contributed by atoms with van der Waals surface area (Å²) < 4.78 is 73.7. The number of carbonyl (C=O) groups is 2. The van der Waals surface area contributed by atoms with Crippen LogP contribution < -0.4 is 18.9 Å². The largest absolute Gasteiger partial charge is 0.619 e. The van der Waals surface area contributed by atoms with Crippen LogP contribution >= 0.6 is 23.2 Å². The number of esters is 2. The predicted octanol–water partition coefficient (Wildman–Crippen LogP) is 4.61. The molecule has 0 amide bonds. The van der Waals surface area contributed by atoms with Crippen molar-refractivity contribution in [3.05, 3.63) is 86.8 Å². The molecule has 0 bridgehead atoms. The van der Waals surface area contributed by atoms with Gasteiger partial charge in [-0.1, -0.05) is 35.3 Å². The summed E-state index contributed by atoms with van der Waals surface area (Å²) in [5.74, 6) is -1.97. The van der Waals surface area contributed by atoms with Crippen LogP contribution in [0.2, 0.25) is 10.0 Å². The number of hydrogen-bond donors (Lipinski definition) is 1. The zero-order valence-corrected chi connectivity index (χ0v) is 25.3. The van der Waals surface area contributed by atoms with Crippen molar-refractivity contribution < 1.29 is 50.5 Å². The van der Waals surface area contributed by atoms with E-state index >= 15 is 0 Å². The Bertz CT molecular complexity index is 1620. The lowest BCUT2D eigenvalue weighted by Gasteiger charge is -2.21. The Morgan fingerprint density at radius 1 is 1.09 bits per heavy atom. The number of ether oxygens (including phenoxy) is 4. The molecule has 1 fully saturated rings. The first kappa shape index (κ1) is 33.2. The highest BCUT2D eigenvalue weighted by molar-refractivity contribution is 7.89. The number of nitrogens with zero attached hydrogens (tertiary/aromatic N) is 1. The molecular weight excluding hydrogens is 649 g/mol. The van der Waals surface area contributed by atoms with Gasteiger partial charge in [0.1, 0.15) is 16.1 Å². The van der Waals surface area contributed by atoms with Crippen LogP contribution in [0.1, 0.15) is 40.4 Å². The quantitative estimate of drug-likeness (QED) is 0.147. The van der Waals surface area contributed by atoms with E-state index in [1.165, 1.54) is 43.4 Å². The van der Waals surface area contributed by atoms with Crippen molar-refractivity contribution in [2.24, 2.45) is 5.92 Å². The van der Waals surface area contributed by atoms with Gasteiger partial charge in [0, 0.05) is 12.0 Å². The number of rotatable bonds is 14. The molecule has 1 aliphatic rings. The number of pyridine rings is 1. The number of aromatic nitrogens is 1. The first-order valence-electron chi connectivity index (χ1n) is 13.0. The smallest absolute Gasteiger partial charge is 0.387 e. The second-order valence-electron chi connectivity index (χ2n) is 9.63. The van der Waals surface area contributed by atoms with Crippen molar-refractivity contribution in [2.75, 3.05) is 20.3 Å². The molecule has 1 atom stereocenters. The summed E-state index contributed by atoms with van der Waals surface area (Å²) in [6.07, 6.45) is 2.63. The van der Waals surface area contributed by atoms with E-state index in [4.69, 9.17) is 37.4 Å². The molecule has 1 saturated carbocycles. The van der Waals surface area contributed by atoms with Crippen molar-refractivity contribution in [2.45, 2.75) is 36.9 Å². The molecule has 1 aromatic heterocycles. The molecular formula is C28H26Cl2F2N2O9S. The highest BCUT2D eigenvalue weighted by Gasteiger charge is 2.27. The van der Waals surface area contributed by atoms with E-state index in [-0.39, 0.29) is 62.1 Å². The monoisotopic (exact) mass is 674 g/mol. The average Bonchev–Trinajstić information content (AvgIpc) is 3.81. The van der Waals surface area contributed by atoms with Crippen molar-refractivity contribution in [1.82, 2.24) is 4.72 Å². The Hall–Kier alpha value is -3.72. The van der Waals surface area contributed by atoms with Crippen molar-refractivity contribution in [1.29, 1.82) is 0 Å². The van der Waals surface area contributed by atoms with E-state index in [2.05, 4.69) is 9.46 Å². The summed E-state index contributed by atoms with van der Waals surface area (Å²) in [6.45, 7) is -3.72. The number of sulfonamides is 1. The molecule has 4 rings (SSSR count). The second-order valence-corrected chi connectivity index (χ2v) is 12.3. The molecule has 11 nitrogen and oxygen atoms in total. The van der Waals surface area contributed by atoms with Gasteiger partial charge in [-0.25, -0.2) is 22.7 Å². The van der Waals surface area contributed by atoms with Crippen LogP contribution in [-0.2, 0) is 30.7 Å². The number of nitrogens with one attached hydrogen (secondary N) is 1. The number of benzene rings is 2. The lowest BCUT2D eigenvalue weighted by molar-refractivity contribution is -0.605. The Kier molecular flexibility index (Phi) is 10.8. The molecule has 0 aliphatic heterocycles. The molecule has 0 saturated heterocycles. The van der Waals surface area contributed by atoms with Crippen LogP contribution in [0.25, 0.3) is 0 Å². The highest BCUT2D eigenvalue weighted by Crippen LogP contribution is 2.37. The molecule has 1 N–H and O–H groups in total.